The highest BCUT2D eigenvalue weighted by molar-refractivity contribution is 5.20. The van der Waals surface area contributed by atoms with Gasteiger partial charge in [-0.2, -0.15) is 0 Å². The van der Waals surface area contributed by atoms with Crippen molar-refractivity contribution in [2.75, 3.05) is 20.2 Å². The van der Waals surface area contributed by atoms with Crippen LogP contribution in [0.5, 0.6) is 5.88 Å². The first kappa shape index (κ1) is 9.43. The van der Waals surface area contributed by atoms with Gasteiger partial charge in [0.05, 0.1) is 13.3 Å². The topological polar surface area (TPSA) is 46.2 Å². The molecule has 2 N–H and O–H groups in total. The van der Waals surface area contributed by atoms with Gasteiger partial charge in [0, 0.05) is 17.8 Å². The number of rotatable bonds is 2. The molecule has 4 nitrogen and oxygen atoms in total. The van der Waals surface area contributed by atoms with Crippen LogP contribution in [0.25, 0.3) is 0 Å². The summed E-state index contributed by atoms with van der Waals surface area (Å²) in [7, 11) is 1.62. The lowest BCUT2D eigenvalue weighted by Crippen LogP contribution is -2.41. The minimum absolute atomic E-state index is 0.238. The molecule has 4 heteroatoms. The van der Waals surface area contributed by atoms with E-state index >= 15 is 0 Å². The van der Waals surface area contributed by atoms with Crippen LogP contribution in [-0.2, 0) is 0 Å². The van der Waals surface area contributed by atoms with Gasteiger partial charge >= 0.3 is 0 Å². The summed E-state index contributed by atoms with van der Waals surface area (Å²) in [4.78, 5) is 4.17. The number of nitrogens with one attached hydrogen (secondary N) is 2. The van der Waals surface area contributed by atoms with Crippen LogP contribution in [-0.4, -0.2) is 25.2 Å². The Labute approximate surface area is 83.7 Å². The van der Waals surface area contributed by atoms with Gasteiger partial charge in [0.1, 0.15) is 0 Å². The van der Waals surface area contributed by atoms with E-state index in [-0.39, 0.29) is 6.17 Å². The molecule has 2 heterocycles. The Morgan fingerprint density at radius 3 is 2.71 bits per heavy atom. The van der Waals surface area contributed by atoms with Gasteiger partial charge in [0.2, 0.25) is 5.88 Å². The second-order valence-corrected chi connectivity index (χ2v) is 3.33. The Morgan fingerprint density at radius 1 is 1.36 bits per heavy atom. The summed E-state index contributed by atoms with van der Waals surface area (Å²) in [5, 5.41) is 6.76. The molecule has 0 spiro atoms. The summed E-state index contributed by atoms with van der Waals surface area (Å²) in [6, 6.07) is 3.91. The SMILES string of the molecule is COc1ccc(C2NCCCN2)cn1. The summed E-state index contributed by atoms with van der Waals surface area (Å²) in [5.74, 6) is 0.657. The van der Waals surface area contributed by atoms with Crippen molar-refractivity contribution in [3.05, 3.63) is 23.9 Å². The molecule has 1 saturated heterocycles. The molecule has 1 aromatic rings. The maximum absolute atomic E-state index is 5.00. The molecule has 0 aromatic carbocycles. The lowest BCUT2D eigenvalue weighted by Gasteiger charge is -2.25. The van der Waals surface area contributed by atoms with Gasteiger partial charge in [0.15, 0.2) is 0 Å². The van der Waals surface area contributed by atoms with E-state index in [4.69, 9.17) is 4.74 Å². The predicted octanol–water partition coefficient (Wildman–Crippen LogP) is 0.672. The van der Waals surface area contributed by atoms with Crippen LogP contribution in [0, 0.1) is 0 Å². The van der Waals surface area contributed by atoms with E-state index in [1.54, 1.807) is 7.11 Å². The van der Waals surface area contributed by atoms with E-state index in [0.29, 0.717) is 5.88 Å². The number of methoxy groups -OCH3 is 1. The van der Waals surface area contributed by atoms with Crippen LogP contribution in [0.4, 0.5) is 0 Å². The fourth-order valence-corrected chi connectivity index (χ4v) is 1.57. The average molecular weight is 193 g/mol. The molecule has 14 heavy (non-hydrogen) atoms. The van der Waals surface area contributed by atoms with E-state index in [9.17, 15) is 0 Å². The summed E-state index contributed by atoms with van der Waals surface area (Å²) in [5.41, 5.74) is 1.16. The maximum atomic E-state index is 5.00. The molecule has 0 bridgehead atoms. The highest BCUT2D eigenvalue weighted by atomic mass is 16.5. The number of aromatic nitrogens is 1. The van der Waals surface area contributed by atoms with Crippen LogP contribution >= 0.6 is 0 Å². The van der Waals surface area contributed by atoms with E-state index in [0.717, 1.165) is 18.7 Å². The number of pyridine rings is 1. The molecule has 0 radical (unpaired) electrons. The van der Waals surface area contributed by atoms with Crippen LogP contribution in [0.2, 0.25) is 0 Å². The van der Waals surface area contributed by atoms with Crippen molar-refractivity contribution in [3.63, 3.8) is 0 Å². The molecule has 0 unspecified atom stereocenters. The molecule has 0 saturated carbocycles. The highest BCUT2D eigenvalue weighted by Crippen LogP contribution is 2.14. The Kier molecular flexibility index (Phi) is 2.96. The van der Waals surface area contributed by atoms with Gasteiger partial charge in [-0.05, 0) is 25.6 Å². The summed E-state index contributed by atoms with van der Waals surface area (Å²) in [6.07, 6.45) is 3.26. The van der Waals surface area contributed by atoms with Gasteiger partial charge in [-0.3, -0.25) is 10.6 Å². The highest BCUT2D eigenvalue weighted by Gasteiger charge is 2.13. The first-order valence-corrected chi connectivity index (χ1v) is 4.87. The zero-order valence-corrected chi connectivity index (χ0v) is 8.29. The zero-order valence-electron chi connectivity index (χ0n) is 8.29. The third-order valence-electron chi connectivity index (χ3n) is 2.35. The number of hydrogen-bond donors (Lipinski definition) is 2. The van der Waals surface area contributed by atoms with Crippen molar-refractivity contribution >= 4 is 0 Å². The smallest absolute Gasteiger partial charge is 0.212 e. The molecule has 0 amide bonds. The van der Waals surface area contributed by atoms with Crippen molar-refractivity contribution in [1.29, 1.82) is 0 Å². The van der Waals surface area contributed by atoms with Crippen molar-refractivity contribution in [2.45, 2.75) is 12.6 Å². The number of ether oxygens (including phenoxy) is 1. The third kappa shape index (κ3) is 2.02. The first-order chi connectivity index (χ1) is 6.90. The summed E-state index contributed by atoms with van der Waals surface area (Å²) >= 11 is 0. The maximum Gasteiger partial charge on any atom is 0.212 e. The Bertz CT molecular complexity index is 280. The molecule has 0 atom stereocenters. The molecule has 1 fully saturated rings. The van der Waals surface area contributed by atoms with Crippen LogP contribution in [0.3, 0.4) is 0 Å². The van der Waals surface area contributed by atoms with Crippen LogP contribution in [0.1, 0.15) is 18.2 Å². The predicted molar refractivity (Wildman–Crippen MR) is 54.2 cm³/mol. The van der Waals surface area contributed by atoms with Crippen molar-refractivity contribution in [1.82, 2.24) is 15.6 Å². The quantitative estimate of drug-likeness (QED) is 0.724. The van der Waals surface area contributed by atoms with Crippen LogP contribution < -0.4 is 15.4 Å². The van der Waals surface area contributed by atoms with Gasteiger partial charge in [-0.15, -0.1) is 0 Å². The van der Waals surface area contributed by atoms with Crippen molar-refractivity contribution < 1.29 is 4.74 Å². The molecule has 1 aromatic heterocycles. The van der Waals surface area contributed by atoms with Gasteiger partial charge in [-0.1, -0.05) is 0 Å². The van der Waals surface area contributed by atoms with Crippen LogP contribution in [0.15, 0.2) is 18.3 Å². The Balaban J connectivity index is 2.07. The van der Waals surface area contributed by atoms with Gasteiger partial charge in [0.25, 0.3) is 0 Å². The zero-order chi connectivity index (χ0) is 9.80. The monoisotopic (exact) mass is 193 g/mol. The average Bonchev–Trinajstić information content (AvgIpc) is 2.30. The summed E-state index contributed by atoms with van der Waals surface area (Å²) in [6.45, 7) is 2.12. The molecular weight excluding hydrogens is 178 g/mol. The normalized spacial score (nSPS) is 18.1. The van der Waals surface area contributed by atoms with E-state index in [1.165, 1.54) is 6.42 Å². The molecule has 0 aliphatic carbocycles. The minimum Gasteiger partial charge on any atom is -0.481 e. The van der Waals surface area contributed by atoms with Crippen molar-refractivity contribution in [2.24, 2.45) is 0 Å². The lowest BCUT2D eigenvalue weighted by atomic mass is 10.2. The van der Waals surface area contributed by atoms with Gasteiger partial charge in [-0.25, -0.2) is 4.98 Å². The molecule has 1 aliphatic heterocycles. The third-order valence-corrected chi connectivity index (χ3v) is 2.35. The number of nitrogens with zero attached hydrogens (tertiary/aromatic N) is 1. The fourth-order valence-electron chi connectivity index (χ4n) is 1.57. The summed E-state index contributed by atoms with van der Waals surface area (Å²) < 4.78 is 5.00. The van der Waals surface area contributed by atoms with Crippen molar-refractivity contribution in [3.8, 4) is 5.88 Å². The Morgan fingerprint density at radius 2 is 2.14 bits per heavy atom. The largest absolute Gasteiger partial charge is 0.481 e. The van der Waals surface area contributed by atoms with E-state index in [2.05, 4.69) is 15.6 Å². The first-order valence-electron chi connectivity index (χ1n) is 4.87. The van der Waals surface area contributed by atoms with E-state index < -0.39 is 0 Å². The van der Waals surface area contributed by atoms with Gasteiger partial charge < -0.3 is 4.74 Å². The fraction of sp³-hybridized carbons (Fsp3) is 0.500. The lowest BCUT2D eigenvalue weighted by molar-refractivity contribution is 0.375. The standard InChI is InChI=1S/C10H15N3O/c1-14-9-4-3-8(7-13-9)10-11-5-2-6-12-10/h3-4,7,10-12H,2,5-6H2,1H3. The molecule has 2 rings (SSSR count). The molecule has 76 valence electrons. The molecular formula is C10H15N3O. The second kappa shape index (κ2) is 4.39. The minimum atomic E-state index is 0.238. The Hall–Kier alpha value is -1.13. The number of hydrogen-bond acceptors (Lipinski definition) is 4. The molecule has 1 aliphatic rings. The van der Waals surface area contributed by atoms with E-state index in [1.807, 2.05) is 18.3 Å². The second-order valence-electron chi connectivity index (χ2n) is 3.33.